The van der Waals surface area contributed by atoms with Crippen LogP contribution in [0.3, 0.4) is 0 Å². The summed E-state index contributed by atoms with van der Waals surface area (Å²) in [5.41, 5.74) is -0.962. The first-order valence-electron chi connectivity index (χ1n) is 6.43. The lowest BCUT2D eigenvalue weighted by Gasteiger charge is -2.28. The predicted molar refractivity (Wildman–Crippen MR) is 68.7 cm³/mol. The molecule has 19 heavy (non-hydrogen) atoms. The molecule has 1 aliphatic carbocycles. The molecule has 0 radical (unpaired) electrons. The molecular formula is C12H20BF3NO2-. The Morgan fingerprint density at radius 3 is 2.53 bits per heavy atom. The predicted octanol–water partition coefficient (Wildman–Crippen LogP) is 3.62. The molecule has 1 rings (SSSR count). The summed E-state index contributed by atoms with van der Waals surface area (Å²) in [6.07, 6.45) is 1.58. The summed E-state index contributed by atoms with van der Waals surface area (Å²) < 4.78 is 42.5. The lowest BCUT2D eigenvalue weighted by molar-refractivity contribution is 0.0518. The van der Waals surface area contributed by atoms with Crippen LogP contribution in [0, 0.1) is 5.92 Å². The van der Waals surface area contributed by atoms with Crippen LogP contribution in [0.1, 0.15) is 40.0 Å². The molecule has 1 N–H and O–H groups in total. The molecule has 0 fully saturated rings. The Hall–Kier alpha value is -1.14. The van der Waals surface area contributed by atoms with Gasteiger partial charge in [-0.2, -0.15) is 0 Å². The van der Waals surface area contributed by atoms with Crippen LogP contribution in [0.2, 0.25) is 0 Å². The average Bonchev–Trinajstić information content (AvgIpc) is 2.23. The largest absolute Gasteiger partial charge is 0.505 e. The molecule has 0 aromatic carbocycles. The van der Waals surface area contributed by atoms with Crippen LogP contribution >= 0.6 is 0 Å². The fraction of sp³-hybridized carbons (Fsp3) is 0.750. The lowest BCUT2D eigenvalue weighted by atomic mass is 9.71. The highest BCUT2D eigenvalue weighted by Crippen LogP contribution is 2.31. The summed E-state index contributed by atoms with van der Waals surface area (Å²) in [5, 5.41) is 2.60. The van der Waals surface area contributed by atoms with E-state index in [-0.39, 0.29) is 12.3 Å². The topological polar surface area (TPSA) is 38.3 Å². The monoisotopic (exact) mass is 278 g/mol. The second kappa shape index (κ2) is 5.88. The van der Waals surface area contributed by atoms with Crippen molar-refractivity contribution in [3.63, 3.8) is 0 Å². The van der Waals surface area contributed by atoms with E-state index in [0.717, 1.165) is 0 Å². The van der Waals surface area contributed by atoms with E-state index in [1.54, 1.807) is 20.8 Å². The molecule has 0 heterocycles. The van der Waals surface area contributed by atoms with Crippen molar-refractivity contribution >= 4 is 13.1 Å². The maximum absolute atomic E-state index is 12.5. The van der Waals surface area contributed by atoms with E-state index < -0.39 is 24.1 Å². The van der Waals surface area contributed by atoms with Gasteiger partial charge >= 0.3 is 13.1 Å². The van der Waals surface area contributed by atoms with E-state index in [4.69, 9.17) is 4.74 Å². The van der Waals surface area contributed by atoms with Gasteiger partial charge in [-0.15, -0.1) is 11.5 Å². The summed E-state index contributed by atoms with van der Waals surface area (Å²) in [4.78, 5) is 11.4. The van der Waals surface area contributed by atoms with Gasteiger partial charge in [0.25, 0.3) is 0 Å². The molecule has 0 aromatic rings. The third-order valence-corrected chi connectivity index (χ3v) is 2.91. The van der Waals surface area contributed by atoms with Crippen LogP contribution in [-0.2, 0) is 4.74 Å². The Kier molecular flexibility index (Phi) is 4.93. The van der Waals surface area contributed by atoms with Crippen molar-refractivity contribution in [2.24, 2.45) is 5.92 Å². The summed E-state index contributed by atoms with van der Waals surface area (Å²) in [6, 6.07) is 0. The Labute approximate surface area is 111 Å². The van der Waals surface area contributed by atoms with Gasteiger partial charge in [-0.05, 0) is 39.5 Å². The van der Waals surface area contributed by atoms with Crippen LogP contribution < -0.4 is 5.32 Å². The number of carbonyl (C=O) groups is 1. The van der Waals surface area contributed by atoms with Crippen molar-refractivity contribution < 1.29 is 22.5 Å². The zero-order valence-electron chi connectivity index (χ0n) is 11.5. The molecular weight excluding hydrogens is 258 g/mol. The van der Waals surface area contributed by atoms with Crippen molar-refractivity contribution in [3.05, 3.63) is 11.5 Å². The highest BCUT2D eigenvalue weighted by atomic mass is 19.4. The first-order valence-corrected chi connectivity index (χ1v) is 6.43. The molecule has 7 heteroatoms. The number of hydrogen-bond donors (Lipinski definition) is 1. The lowest BCUT2D eigenvalue weighted by Crippen LogP contribution is -2.36. The summed E-state index contributed by atoms with van der Waals surface area (Å²) in [6.45, 7) is 0.777. The fourth-order valence-electron chi connectivity index (χ4n) is 1.93. The van der Waals surface area contributed by atoms with Crippen molar-refractivity contribution in [3.8, 4) is 0 Å². The number of ether oxygens (including phenoxy) is 1. The summed E-state index contributed by atoms with van der Waals surface area (Å²) in [5.74, 6) is 0.0504. The van der Waals surface area contributed by atoms with Crippen molar-refractivity contribution in [1.82, 2.24) is 5.32 Å². The van der Waals surface area contributed by atoms with E-state index in [0.29, 0.717) is 19.4 Å². The number of hydrogen-bond acceptors (Lipinski definition) is 2. The molecule has 1 aliphatic rings. The number of carbonyl (C=O) groups excluding carboxylic acids is 1. The SMILES string of the molecule is CC(C)(C)OC(=O)NCC1CC=C([B-](F)(F)F)CC1. The first kappa shape index (κ1) is 15.9. The number of rotatable bonds is 3. The van der Waals surface area contributed by atoms with Gasteiger partial charge in [0.2, 0.25) is 0 Å². The van der Waals surface area contributed by atoms with Gasteiger partial charge in [-0.1, -0.05) is 6.42 Å². The van der Waals surface area contributed by atoms with Gasteiger partial charge in [0.05, 0.1) is 0 Å². The fourth-order valence-corrected chi connectivity index (χ4v) is 1.93. The first-order chi connectivity index (χ1) is 8.58. The molecule has 0 aliphatic heterocycles. The minimum Gasteiger partial charge on any atom is -0.445 e. The van der Waals surface area contributed by atoms with Gasteiger partial charge in [-0.3, -0.25) is 0 Å². The van der Waals surface area contributed by atoms with Crippen LogP contribution in [0.5, 0.6) is 0 Å². The second-order valence-electron chi connectivity index (χ2n) is 5.88. The highest BCUT2D eigenvalue weighted by molar-refractivity contribution is 6.66. The molecule has 1 amide bonds. The van der Waals surface area contributed by atoms with Crippen molar-refractivity contribution in [1.29, 1.82) is 0 Å². The van der Waals surface area contributed by atoms with E-state index in [2.05, 4.69) is 5.32 Å². The molecule has 0 aromatic heterocycles. The van der Waals surface area contributed by atoms with E-state index >= 15 is 0 Å². The Balaban J connectivity index is 2.34. The molecule has 110 valence electrons. The van der Waals surface area contributed by atoms with Crippen LogP contribution in [0.15, 0.2) is 11.5 Å². The number of alkyl carbamates (subject to hydrolysis) is 1. The minimum absolute atomic E-state index is 0.0458. The van der Waals surface area contributed by atoms with Gasteiger partial charge in [0, 0.05) is 6.54 Å². The normalized spacial score (nSPS) is 20.7. The zero-order chi connectivity index (χ0) is 14.7. The molecule has 3 nitrogen and oxygen atoms in total. The quantitative estimate of drug-likeness (QED) is 0.800. The third-order valence-electron chi connectivity index (χ3n) is 2.91. The minimum atomic E-state index is -4.85. The van der Waals surface area contributed by atoms with Crippen molar-refractivity contribution in [2.75, 3.05) is 6.54 Å². The van der Waals surface area contributed by atoms with Gasteiger partial charge in [-0.25, -0.2) is 4.79 Å². The smallest absolute Gasteiger partial charge is 0.445 e. The number of amides is 1. The molecule has 0 saturated heterocycles. The Bertz CT molecular complexity index is 361. The maximum atomic E-state index is 12.5. The number of nitrogens with one attached hydrogen (secondary N) is 1. The summed E-state index contributed by atoms with van der Waals surface area (Å²) >= 11 is 0. The number of halogens is 3. The van der Waals surface area contributed by atoms with Crippen molar-refractivity contribution in [2.45, 2.75) is 45.6 Å². The maximum Gasteiger partial charge on any atom is 0.505 e. The Morgan fingerprint density at radius 2 is 2.11 bits per heavy atom. The van der Waals surface area contributed by atoms with E-state index in [1.165, 1.54) is 6.08 Å². The Morgan fingerprint density at radius 1 is 1.47 bits per heavy atom. The molecule has 1 atom stereocenters. The summed E-state index contributed by atoms with van der Waals surface area (Å²) in [7, 11) is 0. The number of allylic oxidation sites excluding steroid dienone is 2. The van der Waals surface area contributed by atoms with Crippen LogP contribution in [-0.4, -0.2) is 25.2 Å². The second-order valence-corrected chi connectivity index (χ2v) is 5.88. The zero-order valence-corrected chi connectivity index (χ0v) is 11.5. The van der Waals surface area contributed by atoms with Gasteiger partial charge in [0.15, 0.2) is 0 Å². The van der Waals surface area contributed by atoms with Gasteiger partial charge < -0.3 is 23.0 Å². The molecule has 1 unspecified atom stereocenters. The highest BCUT2D eigenvalue weighted by Gasteiger charge is 2.30. The van der Waals surface area contributed by atoms with E-state index in [9.17, 15) is 17.7 Å². The third kappa shape index (κ3) is 6.03. The van der Waals surface area contributed by atoms with E-state index in [1.807, 2.05) is 0 Å². The standard InChI is InChI=1S/C12H20BF3NO2/c1-12(2,3)19-11(18)17-8-9-4-6-10(7-5-9)13(14,15)16/h6,9H,4-5,7-8H2,1-3H3,(H,17,18)/q-1. The average molecular weight is 278 g/mol. The van der Waals surface area contributed by atoms with Gasteiger partial charge in [0.1, 0.15) is 5.60 Å². The molecule has 0 saturated carbocycles. The van der Waals surface area contributed by atoms with Crippen LogP contribution in [0.4, 0.5) is 17.7 Å². The molecule has 0 bridgehead atoms. The molecule has 0 spiro atoms. The van der Waals surface area contributed by atoms with Crippen LogP contribution in [0.25, 0.3) is 0 Å².